The van der Waals surface area contributed by atoms with E-state index in [1.165, 1.54) is 0 Å². The Balaban J connectivity index is 1.86. The quantitative estimate of drug-likeness (QED) is 0.758. The van der Waals surface area contributed by atoms with Crippen molar-refractivity contribution < 1.29 is 8.42 Å². The first kappa shape index (κ1) is 12.3. The molecule has 5 heteroatoms. The SMILES string of the molecule is CC1CC(N)CCN1CC1CCS(=O)(=O)C1. The van der Waals surface area contributed by atoms with Gasteiger partial charge in [-0.2, -0.15) is 0 Å². The molecule has 0 saturated carbocycles. The molecule has 16 heavy (non-hydrogen) atoms. The van der Waals surface area contributed by atoms with Gasteiger partial charge in [-0.1, -0.05) is 0 Å². The van der Waals surface area contributed by atoms with Crippen molar-refractivity contribution in [1.82, 2.24) is 4.90 Å². The number of hydrogen-bond donors (Lipinski definition) is 1. The van der Waals surface area contributed by atoms with Crippen molar-refractivity contribution >= 4 is 9.84 Å². The average molecular weight is 246 g/mol. The third kappa shape index (κ3) is 2.96. The maximum absolute atomic E-state index is 11.4. The summed E-state index contributed by atoms with van der Waals surface area (Å²) < 4.78 is 22.8. The number of nitrogens with zero attached hydrogens (tertiary/aromatic N) is 1. The first-order valence-electron chi connectivity index (χ1n) is 6.16. The third-order valence-corrected chi connectivity index (χ3v) is 5.71. The lowest BCUT2D eigenvalue weighted by Gasteiger charge is -2.37. The Bertz CT molecular complexity index is 342. The number of rotatable bonds is 2. The number of hydrogen-bond acceptors (Lipinski definition) is 4. The summed E-state index contributed by atoms with van der Waals surface area (Å²) in [4.78, 5) is 2.41. The summed E-state index contributed by atoms with van der Waals surface area (Å²) in [5.74, 6) is 1.13. The molecule has 4 nitrogen and oxygen atoms in total. The lowest BCUT2D eigenvalue weighted by atomic mass is 9.97. The van der Waals surface area contributed by atoms with Crippen LogP contribution < -0.4 is 5.73 Å². The first-order chi connectivity index (χ1) is 7.46. The summed E-state index contributed by atoms with van der Waals surface area (Å²) in [6.07, 6.45) is 2.93. The van der Waals surface area contributed by atoms with E-state index in [2.05, 4.69) is 11.8 Å². The maximum Gasteiger partial charge on any atom is 0.150 e. The van der Waals surface area contributed by atoms with Crippen LogP contribution in [0.4, 0.5) is 0 Å². The third-order valence-electron chi connectivity index (χ3n) is 3.87. The maximum atomic E-state index is 11.4. The van der Waals surface area contributed by atoms with Crippen molar-refractivity contribution in [3.63, 3.8) is 0 Å². The summed E-state index contributed by atoms with van der Waals surface area (Å²) in [5, 5.41) is 0. The van der Waals surface area contributed by atoms with E-state index in [1.807, 2.05) is 0 Å². The lowest BCUT2D eigenvalue weighted by molar-refractivity contribution is 0.130. The van der Waals surface area contributed by atoms with E-state index in [4.69, 9.17) is 5.73 Å². The largest absolute Gasteiger partial charge is 0.328 e. The molecule has 2 aliphatic rings. The Labute approximate surface area is 98.1 Å². The van der Waals surface area contributed by atoms with Crippen LogP contribution in [0.1, 0.15) is 26.2 Å². The zero-order valence-electron chi connectivity index (χ0n) is 9.93. The highest BCUT2D eigenvalue weighted by Gasteiger charge is 2.31. The topological polar surface area (TPSA) is 63.4 Å². The number of nitrogens with two attached hydrogens (primary N) is 1. The molecule has 0 spiro atoms. The van der Waals surface area contributed by atoms with E-state index in [-0.39, 0.29) is 0 Å². The number of sulfone groups is 1. The Morgan fingerprint density at radius 2 is 2.12 bits per heavy atom. The van der Waals surface area contributed by atoms with Crippen LogP contribution in [-0.4, -0.2) is 50.0 Å². The summed E-state index contributed by atoms with van der Waals surface area (Å²) in [5.41, 5.74) is 5.92. The molecule has 0 aromatic heterocycles. The second-order valence-electron chi connectivity index (χ2n) is 5.40. The highest BCUT2D eigenvalue weighted by molar-refractivity contribution is 7.91. The van der Waals surface area contributed by atoms with Gasteiger partial charge in [-0.3, -0.25) is 0 Å². The highest BCUT2D eigenvalue weighted by Crippen LogP contribution is 2.23. The summed E-state index contributed by atoms with van der Waals surface area (Å²) in [6, 6.07) is 0.839. The minimum Gasteiger partial charge on any atom is -0.328 e. The number of piperidine rings is 1. The Morgan fingerprint density at radius 3 is 2.69 bits per heavy atom. The smallest absolute Gasteiger partial charge is 0.150 e. The van der Waals surface area contributed by atoms with Crippen molar-refractivity contribution in [2.45, 2.75) is 38.3 Å². The molecule has 94 valence electrons. The monoisotopic (exact) mass is 246 g/mol. The van der Waals surface area contributed by atoms with Gasteiger partial charge >= 0.3 is 0 Å². The van der Waals surface area contributed by atoms with Crippen LogP contribution >= 0.6 is 0 Å². The van der Waals surface area contributed by atoms with Gasteiger partial charge in [0.1, 0.15) is 0 Å². The lowest BCUT2D eigenvalue weighted by Crippen LogP contribution is -2.47. The normalized spacial score (nSPS) is 40.0. The molecule has 0 bridgehead atoms. The first-order valence-corrected chi connectivity index (χ1v) is 7.98. The van der Waals surface area contributed by atoms with Crippen LogP contribution in [0.5, 0.6) is 0 Å². The zero-order chi connectivity index (χ0) is 11.8. The van der Waals surface area contributed by atoms with Crippen molar-refractivity contribution in [2.24, 2.45) is 11.7 Å². The van der Waals surface area contributed by atoms with E-state index in [0.29, 0.717) is 29.5 Å². The predicted octanol–water partition coefficient (Wildman–Crippen LogP) is 0.233. The van der Waals surface area contributed by atoms with Gasteiger partial charge in [0.25, 0.3) is 0 Å². The molecule has 2 fully saturated rings. The summed E-state index contributed by atoms with van der Waals surface area (Å²) in [7, 11) is -2.73. The van der Waals surface area contributed by atoms with Gasteiger partial charge < -0.3 is 10.6 Å². The van der Waals surface area contributed by atoms with E-state index < -0.39 is 9.84 Å². The molecule has 2 aliphatic heterocycles. The second kappa shape index (κ2) is 4.63. The van der Waals surface area contributed by atoms with Gasteiger partial charge in [-0.05, 0) is 38.6 Å². The van der Waals surface area contributed by atoms with E-state index in [1.54, 1.807) is 0 Å². The Kier molecular flexibility index (Phi) is 3.56. The second-order valence-corrected chi connectivity index (χ2v) is 7.63. The van der Waals surface area contributed by atoms with E-state index in [9.17, 15) is 8.42 Å². The molecule has 2 heterocycles. The molecule has 0 amide bonds. The summed E-state index contributed by atoms with van der Waals surface area (Å²) in [6.45, 7) is 4.16. The van der Waals surface area contributed by atoms with E-state index in [0.717, 1.165) is 32.4 Å². The number of likely N-dealkylation sites (tertiary alicyclic amines) is 1. The molecule has 2 rings (SSSR count). The molecule has 2 saturated heterocycles. The van der Waals surface area contributed by atoms with Gasteiger partial charge in [0.15, 0.2) is 9.84 Å². The molecule has 2 N–H and O–H groups in total. The Morgan fingerprint density at radius 1 is 1.38 bits per heavy atom. The zero-order valence-corrected chi connectivity index (χ0v) is 10.7. The fourth-order valence-electron chi connectivity index (χ4n) is 2.88. The van der Waals surface area contributed by atoms with Crippen LogP contribution in [-0.2, 0) is 9.84 Å². The molecule has 0 aliphatic carbocycles. The van der Waals surface area contributed by atoms with Crippen LogP contribution in [0, 0.1) is 5.92 Å². The molecular weight excluding hydrogens is 224 g/mol. The minimum atomic E-state index is -2.73. The molecular formula is C11H22N2O2S. The van der Waals surface area contributed by atoms with Crippen molar-refractivity contribution in [1.29, 1.82) is 0 Å². The molecule has 3 unspecified atom stereocenters. The van der Waals surface area contributed by atoms with Gasteiger partial charge in [-0.15, -0.1) is 0 Å². The molecule has 3 atom stereocenters. The van der Waals surface area contributed by atoms with Crippen LogP contribution in [0.2, 0.25) is 0 Å². The fraction of sp³-hybridized carbons (Fsp3) is 1.00. The van der Waals surface area contributed by atoms with Crippen LogP contribution in [0.25, 0.3) is 0 Å². The van der Waals surface area contributed by atoms with Crippen molar-refractivity contribution in [2.75, 3.05) is 24.6 Å². The Hall–Kier alpha value is -0.130. The van der Waals surface area contributed by atoms with E-state index >= 15 is 0 Å². The molecule has 0 aromatic carbocycles. The highest BCUT2D eigenvalue weighted by atomic mass is 32.2. The van der Waals surface area contributed by atoms with Crippen LogP contribution in [0.3, 0.4) is 0 Å². The summed E-state index contributed by atoms with van der Waals surface area (Å²) >= 11 is 0. The van der Waals surface area contributed by atoms with Gasteiger partial charge in [0.05, 0.1) is 11.5 Å². The standard InChI is InChI=1S/C11H22N2O2S/c1-9-6-11(12)2-4-13(9)7-10-3-5-16(14,15)8-10/h9-11H,2-8,12H2,1H3. The molecule has 0 radical (unpaired) electrons. The van der Waals surface area contributed by atoms with Crippen molar-refractivity contribution in [3.05, 3.63) is 0 Å². The van der Waals surface area contributed by atoms with Crippen molar-refractivity contribution in [3.8, 4) is 0 Å². The molecule has 0 aromatic rings. The van der Waals surface area contributed by atoms with Crippen LogP contribution in [0.15, 0.2) is 0 Å². The minimum absolute atomic E-state index is 0.332. The van der Waals surface area contributed by atoms with Gasteiger partial charge in [0.2, 0.25) is 0 Å². The van der Waals surface area contributed by atoms with Gasteiger partial charge in [0, 0.05) is 18.6 Å². The predicted molar refractivity (Wildman–Crippen MR) is 65.0 cm³/mol. The van der Waals surface area contributed by atoms with Gasteiger partial charge in [-0.25, -0.2) is 8.42 Å². The fourth-order valence-corrected chi connectivity index (χ4v) is 4.73. The average Bonchev–Trinajstić information content (AvgIpc) is 2.51.